The van der Waals surface area contributed by atoms with E-state index in [9.17, 15) is 4.79 Å². The highest BCUT2D eigenvalue weighted by atomic mass is 35.5. The Hall–Kier alpha value is -0.320. The first-order valence-corrected chi connectivity index (χ1v) is 3.58. The highest BCUT2D eigenvalue weighted by Crippen LogP contribution is 1.98. The smallest absolute Gasteiger partial charge is 0.234 e. The lowest BCUT2D eigenvalue weighted by molar-refractivity contribution is -0.122. The van der Waals surface area contributed by atoms with Gasteiger partial charge in [0.15, 0.2) is 0 Å². The van der Waals surface area contributed by atoms with E-state index in [0.29, 0.717) is 0 Å². The van der Waals surface area contributed by atoms with Crippen LogP contribution < -0.4 is 10.6 Å². The van der Waals surface area contributed by atoms with E-state index in [1.165, 1.54) is 0 Å². The fourth-order valence-electron chi connectivity index (χ4n) is 0.622. The lowest BCUT2D eigenvalue weighted by Gasteiger charge is -2.23. The normalized spacial score (nSPS) is 10.3. The van der Waals surface area contributed by atoms with Crippen LogP contribution in [0.2, 0.25) is 0 Å². The molecule has 74 valence electrons. The van der Waals surface area contributed by atoms with Crippen molar-refractivity contribution in [3.8, 4) is 0 Å². The van der Waals surface area contributed by atoms with Crippen molar-refractivity contribution >= 4 is 18.3 Å². The average molecular weight is 197 g/mol. The maximum Gasteiger partial charge on any atom is 0.234 e. The molecule has 0 spiro atoms. The minimum absolute atomic E-state index is 0. The topological polar surface area (TPSA) is 61.4 Å². The number of amides is 1. The van der Waals surface area contributed by atoms with Gasteiger partial charge in [-0.05, 0) is 20.9 Å². The SMILES string of the molecule is CNCC(=O)NC(C)(C)CO.Cl. The summed E-state index contributed by atoms with van der Waals surface area (Å²) < 4.78 is 0. The first-order valence-electron chi connectivity index (χ1n) is 3.58. The zero-order valence-electron chi connectivity index (χ0n) is 7.68. The third-order valence-corrected chi connectivity index (χ3v) is 1.21. The Bertz CT molecular complexity index is 139. The van der Waals surface area contributed by atoms with Crippen molar-refractivity contribution < 1.29 is 9.90 Å². The van der Waals surface area contributed by atoms with Crippen molar-refractivity contribution in [3.05, 3.63) is 0 Å². The molecule has 12 heavy (non-hydrogen) atoms. The van der Waals surface area contributed by atoms with Crippen LogP contribution in [0.15, 0.2) is 0 Å². The molecule has 0 aliphatic rings. The van der Waals surface area contributed by atoms with E-state index < -0.39 is 5.54 Å². The Morgan fingerprint density at radius 1 is 1.50 bits per heavy atom. The second kappa shape index (κ2) is 6.22. The third kappa shape index (κ3) is 6.39. The molecule has 0 aromatic rings. The van der Waals surface area contributed by atoms with E-state index in [4.69, 9.17) is 5.11 Å². The fraction of sp³-hybridized carbons (Fsp3) is 0.857. The second-order valence-corrected chi connectivity index (χ2v) is 3.12. The van der Waals surface area contributed by atoms with E-state index in [0.717, 1.165) is 0 Å². The zero-order valence-corrected chi connectivity index (χ0v) is 8.49. The molecule has 0 aliphatic carbocycles. The molecular formula is C7H17ClN2O2. The number of aliphatic hydroxyl groups excluding tert-OH is 1. The number of halogens is 1. The van der Waals surface area contributed by atoms with Crippen molar-refractivity contribution in [2.45, 2.75) is 19.4 Å². The minimum atomic E-state index is -0.520. The lowest BCUT2D eigenvalue weighted by atomic mass is 10.1. The maximum atomic E-state index is 10.9. The van der Waals surface area contributed by atoms with E-state index in [-0.39, 0.29) is 31.5 Å². The molecule has 0 aliphatic heterocycles. The number of carbonyl (C=O) groups is 1. The van der Waals surface area contributed by atoms with Gasteiger partial charge in [0.1, 0.15) is 0 Å². The van der Waals surface area contributed by atoms with Crippen LogP contribution >= 0.6 is 12.4 Å². The van der Waals surface area contributed by atoms with Gasteiger partial charge in [0, 0.05) is 0 Å². The van der Waals surface area contributed by atoms with Crippen molar-refractivity contribution in [1.29, 1.82) is 0 Å². The van der Waals surface area contributed by atoms with Gasteiger partial charge in [-0.2, -0.15) is 0 Å². The highest BCUT2D eigenvalue weighted by Gasteiger charge is 2.17. The number of carbonyl (C=O) groups excluding carboxylic acids is 1. The Balaban J connectivity index is 0. The number of nitrogens with one attached hydrogen (secondary N) is 2. The van der Waals surface area contributed by atoms with Crippen LogP contribution in [0, 0.1) is 0 Å². The molecule has 0 bridgehead atoms. The molecule has 0 saturated carbocycles. The van der Waals surface area contributed by atoms with Gasteiger partial charge in [-0.1, -0.05) is 0 Å². The number of hydrogen-bond acceptors (Lipinski definition) is 3. The summed E-state index contributed by atoms with van der Waals surface area (Å²) in [5.74, 6) is -0.105. The van der Waals surface area contributed by atoms with E-state index >= 15 is 0 Å². The van der Waals surface area contributed by atoms with E-state index in [1.54, 1.807) is 20.9 Å². The number of aliphatic hydroxyl groups is 1. The molecule has 0 saturated heterocycles. The molecule has 3 N–H and O–H groups in total. The summed E-state index contributed by atoms with van der Waals surface area (Å²) in [6.07, 6.45) is 0. The highest BCUT2D eigenvalue weighted by molar-refractivity contribution is 5.85. The van der Waals surface area contributed by atoms with Gasteiger partial charge in [0.25, 0.3) is 0 Å². The molecule has 0 unspecified atom stereocenters. The van der Waals surface area contributed by atoms with Crippen molar-refractivity contribution in [2.75, 3.05) is 20.2 Å². The van der Waals surface area contributed by atoms with Gasteiger partial charge in [-0.15, -0.1) is 12.4 Å². The first-order chi connectivity index (χ1) is 5.02. The summed E-state index contributed by atoms with van der Waals surface area (Å²) in [4.78, 5) is 10.9. The van der Waals surface area contributed by atoms with Crippen LogP contribution in [0.5, 0.6) is 0 Å². The molecule has 0 rings (SSSR count). The van der Waals surface area contributed by atoms with Crippen molar-refractivity contribution in [1.82, 2.24) is 10.6 Å². The quantitative estimate of drug-likeness (QED) is 0.569. The second-order valence-electron chi connectivity index (χ2n) is 3.12. The van der Waals surface area contributed by atoms with E-state index in [1.807, 2.05) is 0 Å². The molecule has 0 fully saturated rings. The summed E-state index contributed by atoms with van der Waals surface area (Å²) in [7, 11) is 1.70. The summed E-state index contributed by atoms with van der Waals surface area (Å²) in [6, 6.07) is 0. The average Bonchev–Trinajstić information content (AvgIpc) is 1.87. The van der Waals surface area contributed by atoms with Gasteiger partial charge in [0.2, 0.25) is 5.91 Å². The van der Waals surface area contributed by atoms with Gasteiger partial charge in [-0.25, -0.2) is 0 Å². The monoisotopic (exact) mass is 196 g/mol. The fourth-order valence-corrected chi connectivity index (χ4v) is 0.622. The van der Waals surface area contributed by atoms with E-state index in [2.05, 4.69) is 10.6 Å². The van der Waals surface area contributed by atoms with Gasteiger partial charge in [0.05, 0.1) is 18.7 Å². The summed E-state index contributed by atoms with van der Waals surface area (Å²) >= 11 is 0. The third-order valence-electron chi connectivity index (χ3n) is 1.21. The van der Waals surface area contributed by atoms with Gasteiger partial charge in [-0.3, -0.25) is 4.79 Å². The summed E-state index contributed by atoms with van der Waals surface area (Å²) in [5.41, 5.74) is -0.520. The van der Waals surface area contributed by atoms with Crippen LogP contribution in [-0.4, -0.2) is 36.8 Å². The van der Waals surface area contributed by atoms with Gasteiger partial charge >= 0.3 is 0 Å². The molecule has 5 heteroatoms. The molecule has 4 nitrogen and oxygen atoms in total. The molecule has 0 radical (unpaired) electrons. The molecular weight excluding hydrogens is 180 g/mol. The number of likely N-dealkylation sites (N-methyl/N-ethyl adjacent to an activating group) is 1. The molecule has 0 aromatic carbocycles. The molecule has 1 amide bonds. The molecule has 0 heterocycles. The summed E-state index contributed by atoms with van der Waals surface area (Å²) in [5, 5.41) is 14.2. The zero-order chi connectivity index (χ0) is 8.91. The predicted molar refractivity (Wildman–Crippen MR) is 50.5 cm³/mol. The number of hydrogen-bond donors (Lipinski definition) is 3. The largest absolute Gasteiger partial charge is 0.394 e. The molecule has 0 atom stereocenters. The van der Waals surface area contributed by atoms with Crippen LogP contribution in [0.3, 0.4) is 0 Å². The number of rotatable bonds is 4. The van der Waals surface area contributed by atoms with Crippen molar-refractivity contribution in [2.24, 2.45) is 0 Å². The van der Waals surface area contributed by atoms with Crippen LogP contribution in [0.4, 0.5) is 0 Å². The lowest BCUT2D eigenvalue weighted by Crippen LogP contribution is -2.48. The van der Waals surface area contributed by atoms with Gasteiger partial charge < -0.3 is 15.7 Å². The minimum Gasteiger partial charge on any atom is -0.394 e. The van der Waals surface area contributed by atoms with Crippen LogP contribution in [-0.2, 0) is 4.79 Å². The predicted octanol–water partition coefficient (Wildman–Crippen LogP) is -0.485. The molecule has 0 aromatic heterocycles. The van der Waals surface area contributed by atoms with Crippen LogP contribution in [0.25, 0.3) is 0 Å². The Kier molecular flexibility index (Phi) is 7.37. The van der Waals surface area contributed by atoms with Crippen LogP contribution in [0.1, 0.15) is 13.8 Å². The standard InChI is InChI=1S/C7H16N2O2.ClH/c1-7(2,5-10)9-6(11)4-8-3;/h8,10H,4-5H2,1-3H3,(H,9,11);1H. The summed E-state index contributed by atoms with van der Waals surface area (Å²) in [6.45, 7) is 3.76. The maximum absolute atomic E-state index is 10.9. The first kappa shape index (κ1) is 14.2. The Morgan fingerprint density at radius 2 is 2.00 bits per heavy atom. The Morgan fingerprint density at radius 3 is 2.33 bits per heavy atom. The Labute approximate surface area is 79.1 Å². The van der Waals surface area contributed by atoms with Crippen molar-refractivity contribution in [3.63, 3.8) is 0 Å².